The van der Waals surface area contributed by atoms with Crippen molar-refractivity contribution in [2.75, 3.05) is 26.2 Å². The zero-order valence-electron chi connectivity index (χ0n) is 17.1. The van der Waals surface area contributed by atoms with Gasteiger partial charge >= 0.3 is 12.1 Å². The first-order valence-corrected chi connectivity index (χ1v) is 11.3. The summed E-state index contributed by atoms with van der Waals surface area (Å²) in [4.78, 5) is 14.5. The Bertz CT molecular complexity index is 1020. The first-order valence-electron chi connectivity index (χ1n) is 9.88. The molecule has 1 aromatic heterocycles. The molecule has 0 bridgehead atoms. The van der Waals surface area contributed by atoms with Crippen LogP contribution >= 0.6 is 0 Å². The van der Waals surface area contributed by atoms with Gasteiger partial charge in [0.1, 0.15) is 0 Å². The standard InChI is InChI=1S/C19H23F3N4O4S/c1-3-26(4-2)31(28,29)15-9-7-13(8-10-15)17(27)25-11-5-6-14(12-25)16-23-24-18(30-16)19(20,21)22/h7-10,14H,3-6,11-12H2,1-2H3. The number of halogens is 3. The largest absolute Gasteiger partial charge is 0.470 e. The van der Waals surface area contributed by atoms with Crippen molar-refractivity contribution in [2.45, 2.75) is 43.7 Å². The summed E-state index contributed by atoms with van der Waals surface area (Å²) in [5.41, 5.74) is 0.292. The molecule has 31 heavy (non-hydrogen) atoms. The van der Waals surface area contributed by atoms with Crippen LogP contribution in [0.25, 0.3) is 0 Å². The van der Waals surface area contributed by atoms with Gasteiger partial charge < -0.3 is 9.32 Å². The van der Waals surface area contributed by atoms with Crippen molar-refractivity contribution >= 4 is 15.9 Å². The van der Waals surface area contributed by atoms with Gasteiger partial charge in [-0.3, -0.25) is 4.79 Å². The monoisotopic (exact) mass is 460 g/mol. The van der Waals surface area contributed by atoms with Gasteiger partial charge in [0.2, 0.25) is 15.9 Å². The Hall–Kier alpha value is -2.47. The van der Waals surface area contributed by atoms with E-state index in [0.29, 0.717) is 38.0 Å². The van der Waals surface area contributed by atoms with E-state index in [0.717, 1.165) is 0 Å². The molecule has 2 heterocycles. The van der Waals surface area contributed by atoms with Gasteiger partial charge in [-0.25, -0.2) is 8.42 Å². The Morgan fingerprint density at radius 2 is 1.84 bits per heavy atom. The smallest absolute Gasteiger partial charge is 0.417 e. The van der Waals surface area contributed by atoms with Crippen molar-refractivity contribution in [2.24, 2.45) is 0 Å². The van der Waals surface area contributed by atoms with Crippen LogP contribution in [-0.4, -0.2) is 59.9 Å². The van der Waals surface area contributed by atoms with Crippen LogP contribution in [0.4, 0.5) is 13.2 Å². The lowest BCUT2D eigenvalue weighted by atomic mass is 9.97. The molecule has 0 spiro atoms. The van der Waals surface area contributed by atoms with Crippen LogP contribution in [0.15, 0.2) is 33.6 Å². The Balaban J connectivity index is 1.73. The van der Waals surface area contributed by atoms with Gasteiger partial charge in [0.15, 0.2) is 0 Å². The lowest BCUT2D eigenvalue weighted by molar-refractivity contribution is -0.157. The molecule has 12 heteroatoms. The number of carbonyl (C=O) groups is 1. The minimum atomic E-state index is -4.72. The van der Waals surface area contributed by atoms with E-state index in [9.17, 15) is 26.4 Å². The van der Waals surface area contributed by atoms with Crippen molar-refractivity contribution in [3.63, 3.8) is 0 Å². The lowest BCUT2D eigenvalue weighted by Crippen LogP contribution is -2.39. The number of amides is 1. The van der Waals surface area contributed by atoms with Crippen molar-refractivity contribution in [1.29, 1.82) is 0 Å². The average Bonchev–Trinajstić information content (AvgIpc) is 3.25. The van der Waals surface area contributed by atoms with Crippen molar-refractivity contribution in [3.05, 3.63) is 41.6 Å². The number of aromatic nitrogens is 2. The number of rotatable bonds is 6. The van der Waals surface area contributed by atoms with Gasteiger partial charge in [-0.1, -0.05) is 13.8 Å². The number of piperidine rings is 1. The third-order valence-corrected chi connectivity index (χ3v) is 7.25. The molecule has 0 saturated carbocycles. The molecule has 1 amide bonds. The van der Waals surface area contributed by atoms with Crippen LogP contribution in [0.1, 0.15) is 54.7 Å². The fraction of sp³-hybridized carbons (Fsp3) is 0.526. The molecular formula is C19H23F3N4O4S. The zero-order valence-corrected chi connectivity index (χ0v) is 17.9. The predicted octanol–water partition coefficient (Wildman–Crippen LogP) is 3.14. The molecule has 2 aromatic rings. The van der Waals surface area contributed by atoms with Gasteiger partial charge in [-0.2, -0.15) is 17.5 Å². The number of hydrogen-bond donors (Lipinski definition) is 0. The zero-order chi connectivity index (χ0) is 22.8. The van der Waals surface area contributed by atoms with Gasteiger partial charge in [-0.05, 0) is 37.1 Å². The van der Waals surface area contributed by atoms with Crippen LogP contribution in [0.5, 0.6) is 0 Å². The van der Waals surface area contributed by atoms with E-state index in [-0.39, 0.29) is 23.2 Å². The van der Waals surface area contributed by atoms with Crippen molar-refractivity contribution in [3.8, 4) is 0 Å². The number of hydrogen-bond acceptors (Lipinski definition) is 6. The molecule has 1 aliphatic heterocycles. The Labute approximate surface area is 178 Å². The summed E-state index contributed by atoms with van der Waals surface area (Å²) >= 11 is 0. The first kappa shape index (κ1) is 23.2. The number of sulfonamides is 1. The van der Waals surface area contributed by atoms with Gasteiger partial charge in [-0.15, -0.1) is 10.2 Å². The third-order valence-electron chi connectivity index (χ3n) is 5.19. The fourth-order valence-corrected chi connectivity index (χ4v) is 5.00. The fourth-order valence-electron chi connectivity index (χ4n) is 3.54. The highest BCUT2D eigenvalue weighted by atomic mass is 32.2. The molecule has 1 aromatic carbocycles. The summed E-state index contributed by atoms with van der Waals surface area (Å²) in [5.74, 6) is -2.39. The molecule has 1 saturated heterocycles. The van der Waals surface area contributed by atoms with Gasteiger partial charge in [0.05, 0.1) is 10.8 Å². The van der Waals surface area contributed by atoms with Crippen LogP contribution in [0.3, 0.4) is 0 Å². The molecule has 1 fully saturated rings. The number of benzene rings is 1. The molecule has 3 rings (SSSR count). The minimum Gasteiger partial charge on any atom is -0.417 e. The number of carbonyl (C=O) groups excluding carboxylic acids is 1. The van der Waals surface area contributed by atoms with E-state index in [4.69, 9.17) is 4.42 Å². The van der Waals surface area contributed by atoms with E-state index in [2.05, 4.69) is 10.2 Å². The Kier molecular flexibility index (Phi) is 6.70. The number of alkyl halides is 3. The van der Waals surface area contributed by atoms with E-state index < -0.39 is 28.0 Å². The number of nitrogens with zero attached hydrogens (tertiary/aromatic N) is 4. The third kappa shape index (κ3) is 4.90. The summed E-state index contributed by atoms with van der Waals surface area (Å²) in [5, 5.41) is 6.54. The average molecular weight is 460 g/mol. The maximum atomic E-state index is 12.9. The van der Waals surface area contributed by atoms with Crippen LogP contribution < -0.4 is 0 Å². The molecule has 1 unspecified atom stereocenters. The first-order chi connectivity index (χ1) is 14.6. The van der Waals surface area contributed by atoms with Crippen LogP contribution in [0.2, 0.25) is 0 Å². The molecule has 1 aliphatic rings. The van der Waals surface area contributed by atoms with E-state index in [1.165, 1.54) is 33.5 Å². The molecule has 0 radical (unpaired) electrons. The summed E-state index contributed by atoms with van der Waals surface area (Å²) < 4.78 is 69.3. The van der Waals surface area contributed by atoms with Crippen molar-refractivity contribution < 1.29 is 30.8 Å². The topological polar surface area (TPSA) is 96.6 Å². The predicted molar refractivity (Wildman–Crippen MR) is 104 cm³/mol. The van der Waals surface area contributed by atoms with Gasteiger partial charge in [0.25, 0.3) is 5.91 Å². The second-order valence-electron chi connectivity index (χ2n) is 7.15. The summed E-state index contributed by atoms with van der Waals surface area (Å²) in [6.45, 7) is 4.72. The lowest BCUT2D eigenvalue weighted by Gasteiger charge is -2.31. The maximum Gasteiger partial charge on any atom is 0.470 e. The molecule has 170 valence electrons. The summed E-state index contributed by atoms with van der Waals surface area (Å²) in [7, 11) is -3.63. The quantitative estimate of drug-likeness (QED) is 0.657. The van der Waals surface area contributed by atoms with Crippen LogP contribution in [0, 0.1) is 0 Å². The van der Waals surface area contributed by atoms with E-state index >= 15 is 0 Å². The summed E-state index contributed by atoms with van der Waals surface area (Å²) in [6, 6.07) is 5.65. The normalized spacial score (nSPS) is 17.9. The number of likely N-dealkylation sites (tertiary alicyclic amines) is 1. The highest BCUT2D eigenvalue weighted by molar-refractivity contribution is 7.89. The molecule has 8 nitrogen and oxygen atoms in total. The van der Waals surface area contributed by atoms with Crippen LogP contribution in [-0.2, 0) is 16.2 Å². The Morgan fingerprint density at radius 1 is 1.19 bits per heavy atom. The molecule has 0 aliphatic carbocycles. The second-order valence-corrected chi connectivity index (χ2v) is 9.09. The van der Waals surface area contributed by atoms with E-state index in [1.807, 2.05) is 0 Å². The highest BCUT2D eigenvalue weighted by Gasteiger charge is 2.39. The second kappa shape index (κ2) is 8.95. The summed E-state index contributed by atoms with van der Waals surface area (Å²) in [6.07, 6.45) is -3.64. The molecule has 0 N–H and O–H groups in total. The maximum absolute atomic E-state index is 12.9. The van der Waals surface area contributed by atoms with E-state index in [1.54, 1.807) is 13.8 Å². The van der Waals surface area contributed by atoms with Crippen molar-refractivity contribution in [1.82, 2.24) is 19.4 Å². The SMILES string of the molecule is CCN(CC)S(=O)(=O)c1ccc(C(=O)N2CCCC(c3nnc(C(F)(F)F)o3)C2)cc1. The molecule has 1 atom stereocenters. The minimum absolute atomic E-state index is 0.0924. The molecular weight excluding hydrogens is 437 g/mol. The Morgan fingerprint density at radius 3 is 2.39 bits per heavy atom. The highest BCUT2D eigenvalue weighted by Crippen LogP contribution is 2.32. The van der Waals surface area contributed by atoms with Gasteiger partial charge in [0, 0.05) is 31.7 Å².